The van der Waals surface area contributed by atoms with Crippen LogP contribution in [0.1, 0.15) is 18.1 Å². The van der Waals surface area contributed by atoms with Gasteiger partial charge in [0.05, 0.1) is 20.8 Å². The lowest BCUT2D eigenvalue weighted by Crippen LogP contribution is -2.27. The Bertz CT molecular complexity index is 902. The van der Waals surface area contributed by atoms with Crippen LogP contribution in [0.25, 0.3) is 10.8 Å². The van der Waals surface area contributed by atoms with Crippen LogP contribution in [0.3, 0.4) is 0 Å². The molecule has 0 heterocycles. The molecule has 134 valence electrons. The summed E-state index contributed by atoms with van der Waals surface area (Å²) in [5, 5.41) is 2.08. The van der Waals surface area contributed by atoms with Crippen molar-refractivity contribution in [3.63, 3.8) is 0 Å². The molecule has 1 atom stereocenters. The molecule has 0 radical (unpaired) electrons. The van der Waals surface area contributed by atoms with E-state index >= 15 is 0 Å². The normalized spacial score (nSPS) is 13.2. The van der Waals surface area contributed by atoms with E-state index in [9.17, 15) is 4.79 Å². The van der Waals surface area contributed by atoms with Crippen LogP contribution >= 0.6 is 0 Å². The van der Waals surface area contributed by atoms with Crippen LogP contribution in [-0.4, -0.2) is 20.5 Å². The zero-order valence-corrected chi connectivity index (χ0v) is 15.2. The van der Waals surface area contributed by atoms with Crippen LogP contribution in [0.15, 0.2) is 60.7 Å². The molecule has 0 saturated heterocycles. The largest absolute Gasteiger partial charge is 0.497 e. The van der Waals surface area contributed by atoms with Gasteiger partial charge in [-0.15, -0.1) is 0 Å². The van der Waals surface area contributed by atoms with Gasteiger partial charge in [0.2, 0.25) is 0 Å². The van der Waals surface area contributed by atoms with Crippen LogP contribution in [0.5, 0.6) is 11.5 Å². The molecule has 0 aromatic heterocycles. The SMILES string of the molecule is COc1ccc(CO[C@@](C)(C=O)c2ccc3cc(OC)ccc3c2)cc1. The Morgan fingerprint density at radius 2 is 1.46 bits per heavy atom. The molecule has 0 fully saturated rings. The van der Waals surface area contributed by atoms with E-state index in [1.54, 1.807) is 21.1 Å². The molecule has 3 aromatic carbocycles. The number of carbonyl (C=O) groups is 1. The fourth-order valence-corrected chi connectivity index (χ4v) is 2.80. The molecule has 0 saturated carbocycles. The summed E-state index contributed by atoms with van der Waals surface area (Å²) in [5.74, 6) is 1.59. The number of aldehydes is 1. The first-order valence-corrected chi connectivity index (χ1v) is 8.39. The summed E-state index contributed by atoms with van der Waals surface area (Å²) in [4.78, 5) is 11.8. The Labute approximate surface area is 153 Å². The first-order chi connectivity index (χ1) is 12.6. The van der Waals surface area contributed by atoms with Crippen molar-refractivity contribution in [3.05, 3.63) is 71.8 Å². The van der Waals surface area contributed by atoms with E-state index < -0.39 is 5.60 Å². The lowest BCUT2D eigenvalue weighted by Gasteiger charge is -2.25. The van der Waals surface area contributed by atoms with Crippen molar-refractivity contribution in [1.29, 1.82) is 0 Å². The molecule has 0 bridgehead atoms. The van der Waals surface area contributed by atoms with E-state index in [0.29, 0.717) is 6.61 Å². The monoisotopic (exact) mass is 350 g/mol. The Hall–Kier alpha value is -2.85. The van der Waals surface area contributed by atoms with Crippen LogP contribution < -0.4 is 9.47 Å². The third-order valence-corrected chi connectivity index (χ3v) is 4.54. The van der Waals surface area contributed by atoms with Gasteiger partial charge in [-0.2, -0.15) is 0 Å². The van der Waals surface area contributed by atoms with Crippen molar-refractivity contribution in [2.24, 2.45) is 0 Å². The van der Waals surface area contributed by atoms with Crippen molar-refractivity contribution < 1.29 is 19.0 Å². The van der Waals surface area contributed by atoms with Gasteiger partial charge in [0.15, 0.2) is 6.29 Å². The first-order valence-electron chi connectivity index (χ1n) is 8.39. The minimum absolute atomic E-state index is 0.333. The topological polar surface area (TPSA) is 44.8 Å². The van der Waals surface area contributed by atoms with E-state index in [-0.39, 0.29) is 0 Å². The average molecular weight is 350 g/mol. The molecular formula is C22H22O4. The van der Waals surface area contributed by atoms with Gasteiger partial charge in [-0.1, -0.05) is 30.3 Å². The summed E-state index contributed by atoms with van der Waals surface area (Å²) in [5.41, 5.74) is 0.775. The van der Waals surface area contributed by atoms with Gasteiger partial charge in [0.25, 0.3) is 0 Å². The highest BCUT2D eigenvalue weighted by molar-refractivity contribution is 5.85. The van der Waals surface area contributed by atoms with Gasteiger partial charge in [-0.05, 0) is 59.2 Å². The number of benzene rings is 3. The van der Waals surface area contributed by atoms with Gasteiger partial charge >= 0.3 is 0 Å². The fourth-order valence-electron chi connectivity index (χ4n) is 2.80. The van der Waals surface area contributed by atoms with Gasteiger partial charge in [-0.3, -0.25) is 4.79 Å². The van der Waals surface area contributed by atoms with Crippen molar-refractivity contribution in [2.75, 3.05) is 14.2 Å². The standard InChI is InChI=1S/C22H22O4/c1-22(15-23,26-14-16-4-9-20(24-2)10-5-16)19-8-6-18-13-21(25-3)11-7-17(18)12-19/h4-13,15H,14H2,1-3H3/t22-/m0/s1. The molecule has 0 unspecified atom stereocenters. The second-order valence-corrected chi connectivity index (χ2v) is 6.29. The van der Waals surface area contributed by atoms with E-state index in [0.717, 1.165) is 39.7 Å². The fraction of sp³-hybridized carbons (Fsp3) is 0.227. The second-order valence-electron chi connectivity index (χ2n) is 6.29. The number of hydrogen-bond acceptors (Lipinski definition) is 4. The molecule has 3 rings (SSSR count). The number of rotatable bonds is 7. The smallest absolute Gasteiger partial charge is 0.156 e. The number of hydrogen-bond donors (Lipinski definition) is 0. The molecular weight excluding hydrogens is 328 g/mol. The van der Waals surface area contributed by atoms with E-state index in [2.05, 4.69) is 0 Å². The maximum Gasteiger partial charge on any atom is 0.156 e. The first kappa shape index (κ1) is 18.0. The Balaban J connectivity index is 1.83. The summed E-state index contributed by atoms with van der Waals surface area (Å²) in [6.45, 7) is 2.12. The second kappa shape index (κ2) is 7.58. The van der Waals surface area contributed by atoms with Crippen molar-refractivity contribution in [2.45, 2.75) is 19.1 Å². The summed E-state index contributed by atoms with van der Waals surface area (Å²) in [6.07, 6.45) is 0.848. The summed E-state index contributed by atoms with van der Waals surface area (Å²) in [6, 6.07) is 19.3. The molecule has 0 aliphatic heterocycles. The van der Waals surface area contributed by atoms with Crippen LogP contribution in [0.4, 0.5) is 0 Å². The highest BCUT2D eigenvalue weighted by atomic mass is 16.5. The van der Waals surface area contributed by atoms with Crippen molar-refractivity contribution >= 4 is 17.1 Å². The predicted molar refractivity (Wildman–Crippen MR) is 102 cm³/mol. The maximum atomic E-state index is 11.8. The van der Waals surface area contributed by atoms with Crippen LogP contribution in [0.2, 0.25) is 0 Å². The van der Waals surface area contributed by atoms with Gasteiger partial charge < -0.3 is 14.2 Å². The van der Waals surface area contributed by atoms with Crippen molar-refractivity contribution in [1.82, 2.24) is 0 Å². The van der Waals surface area contributed by atoms with E-state index in [4.69, 9.17) is 14.2 Å². The average Bonchev–Trinajstić information content (AvgIpc) is 2.71. The summed E-state index contributed by atoms with van der Waals surface area (Å²) >= 11 is 0. The van der Waals surface area contributed by atoms with Crippen LogP contribution in [0, 0.1) is 0 Å². The summed E-state index contributed by atoms with van der Waals surface area (Å²) in [7, 11) is 3.27. The predicted octanol–water partition coefficient (Wildman–Crippen LogP) is 4.49. The van der Waals surface area contributed by atoms with E-state index in [1.807, 2.05) is 60.7 Å². The van der Waals surface area contributed by atoms with Crippen LogP contribution in [-0.2, 0) is 21.7 Å². The Morgan fingerprint density at radius 1 is 0.846 bits per heavy atom. The number of carbonyl (C=O) groups excluding carboxylic acids is 1. The number of fused-ring (bicyclic) bond motifs is 1. The minimum Gasteiger partial charge on any atom is -0.497 e. The summed E-state index contributed by atoms with van der Waals surface area (Å²) < 4.78 is 16.4. The zero-order chi connectivity index (χ0) is 18.6. The minimum atomic E-state index is -1.02. The number of ether oxygens (including phenoxy) is 3. The molecule has 3 aromatic rings. The number of methoxy groups -OCH3 is 2. The van der Waals surface area contributed by atoms with Gasteiger partial charge in [-0.25, -0.2) is 0 Å². The van der Waals surface area contributed by atoms with E-state index in [1.165, 1.54) is 0 Å². The molecule has 4 heteroatoms. The van der Waals surface area contributed by atoms with Crippen molar-refractivity contribution in [3.8, 4) is 11.5 Å². The third-order valence-electron chi connectivity index (χ3n) is 4.54. The van der Waals surface area contributed by atoms with Gasteiger partial charge in [0, 0.05) is 0 Å². The van der Waals surface area contributed by atoms with Gasteiger partial charge in [0.1, 0.15) is 17.1 Å². The highest BCUT2D eigenvalue weighted by Crippen LogP contribution is 2.29. The molecule has 0 spiro atoms. The molecule has 0 aliphatic rings. The lowest BCUT2D eigenvalue weighted by atomic mass is 9.94. The molecule has 4 nitrogen and oxygen atoms in total. The Kier molecular flexibility index (Phi) is 5.24. The maximum absolute atomic E-state index is 11.8. The molecule has 26 heavy (non-hydrogen) atoms. The molecule has 0 aliphatic carbocycles. The molecule has 0 amide bonds. The quantitative estimate of drug-likeness (QED) is 0.589. The third kappa shape index (κ3) is 3.70. The lowest BCUT2D eigenvalue weighted by molar-refractivity contribution is -0.132. The molecule has 0 N–H and O–H groups in total. The Morgan fingerprint density at radius 3 is 2.12 bits per heavy atom. The highest BCUT2D eigenvalue weighted by Gasteiger charge is 2.27. The zero-order valence-electron chi connectivity index (χ0n) is 15.2.